The van der Waals surface area contributed by atoms with Crippen molar-refractivity contribution in [3.63, 3.8) is 0 Å². The first-order valence-electron chi connectivity index (χ1n) is 5.82. The predicted octanol–water partition coefficient (Wildman–Crippen LogP) is 1.84. The number of amides is 1. The third-order valence-electron chi connectivity index (χ3n) is 2.80. The number of benzene rings is 1. The topological polar surface area (TPSA) is 71.4 Å². The molecule has 1 heterocycles. The van der Waals surface area contributed by atoms with Gasteiger partial charge >= 0.3 is 0 Å². The molecule has 0 fully saturated rings. The zero-order valence-corrected chi connectivity index (χ0v) is 10.1. The number of hydrogen-bond acceptors (Lipinski definition) is 4. The minimum absolute atomic E-state index is 0.118. The van der Waals surface area contributed by atoms with E-state index in [1.165, 1.54) is 0 Å². The molecule has 1 aromatic carbocycles. The minimum Gasteiger partial charge on any atom is -0.454 e. The number of fused-ring (bicyclic) bond motifs is 1. The van der Waals surface area contributed by atoms with Gasteiger partial charge in [0.15, 0.2) is 11.5 Å². The van der Waals surface area contributed by atoms with Crippen molar-refractivity contribution >= 4 is 5.91 Å². The molecule has 0 saturated carbocycles. The summed E-state index contributed by atoms with van der Waals surface area (Å²) in [4.78, 5) is 12.0. The molecular weight excluding hydrogens is 232 g/mol. The Kier molecular flexibility index (Phi) is 3.68. The average molecular weight is 246 g/mol. The fourth-order valence-electron chi connectivity index (χ4n) is 1.71. The number of ether oxygens (including phenoxy) is 2. The van der Waals surface area contributed by atoms with Gasteiger partial charge in [-0.1, -0.05) is 6.92 Å². The van der Waals surface area contributed by atoms with Crippen molar-refractivity contribution < 1.29 is 14.3 Å². The van der Waals surface area contributed by atoms with E-state index in [9.17, 15) is 4.79 Å². The predicted molar refractivity (Wildman–Crippen MR) is 64.3 cm³/mol. The second kappa shape index (κ2) is 5.41. The maximum Gasteiger partial charge on any atom is 0.251 e. The molecule has 0 aliphatic carbocycles. The van der Waals surface area contributed by atoms with E-state index in [1.54, 1.807) is 18.2 Å². The normalized spacial score (nSPS) is 13.8. The largest absolute Gasteiger partial charge is 0.454 e. The zero-order valence-electron chi connectivity index (χ0n) is 10.1. The first kappa shape index (κ1) is 12.2. The lowest BCUT2D eigenvalue weighted by Gasteiger charge is -2.13. The highest BCUT2D eigenvalue weighted by atomic mass is 16.7. The van der Waals surface area contributed by atoms with Crippen LogP contribution in [0.1, 0.15) is 30.1 Å². The van der Waals surface area contributed by atoms with Gasteiger partial charge in [-0.15, -0.1) is 0 Å². The van der Waals surface area contributed by atoms with Crippen molar-refractivity contribution in [2.45, 2.75) is 25.8 Å². The summed E-state index contributed by atoms with van der Waals surface area (Å²) < 4.78 is 10.4. The fourth-order valence-corrected chi connectivity index (χ4v) is 1.71. The lowest BCUT2D eigenvalue weighted by Crippen LogP contribution is -2.34. The van der Waals surface area contributed by atoms with Gasteiger partial charge in [-0.3, -0.25) is 4.79 Å². The lowest BCUT2D eigenvalue weighted by molar-refractivity contribution is 0.0936. The molecule has 1 aliphatic heterocycles. The van der Waals surface area contributed by atoms with E-state index >= 15 is 0 Å². The van der Waals surface area contributed by atoms with E-state index in [-0.39, 0.29) is 18.7 Å². The molecule has 0 spiro atoms. The van der Waals surface area contributed by atoms with Crippen LogP contribution >= 0.6 is 0 Å². The van der Waals surface area contributed by atoms with Crippen LogP contribution in [0.3, 0.4) is 0 Å². The summed E-state index contributed by atoms with van der Waals surface area (Å²) >= 11 is 0. The van der Waals surface area contributed by atoms with E-state index in [1.807, 2.05) is 6.92 Å². The number of nitrogens with zero attached hydrogens (tertiary/aromatic N) is 1. The molecule has 0 saturated heterocycles. The van der Waals surface area contributed by atoms with Gasteiger partial charge in [0.25, 0.3) is 5.91 Å². The summed E-state index contributed by atoms with van der Waals surface area (Å²) in [5, 5.41) is 11.5. The van der Waals surface area contributed by atoms with Gasteiger partial charge in [-0.25, -0.2) is 0 Å². The van der Waals surface area contributed by atoms with Gasteiger partial charge in [0.2, 0.25) is 6.79 Å². The third-order valence-corrected chi connectivity index (χ3v) is 2.80. The summed E-state index contributed by atoms with van der Waals surface area (Å²) in [5.74, 6) is 1.03. The number of nitriles is 1. The van der Waals surface area contributed by atoms with Gasteiger partial charge < -0.3 is 14.8 Å². The number of rotatable bonds is 4. The van der Waals surface area contributed by atoms with Crippen LogP contribution in [0.4, 0.5) is 0 Å². The van der Waals surface area contributed by atoms with Crippen LogP contribution in [0.15, 0.2) is 18.2 Å². The highest BCUT2D eigenvalue weighted by Crippen LogP contribution is 2.32. The first-order chi connectivity index (χ1) is 8.74. The number of carbonyl (C=O) groups is 1. The van der Waals surface area contributed by atoms with Gasteiger partial charge in [-0.2, -0.15) is 5.26 Å². The Balaban J connectivity index is 2.07. The maximum absolute atomic E-state index is 12.0. The molecule has 0 aromatic heterocycles. The Hall–Kier alpha value is -2.22. The van der Waals surface area contributed by atoms with Crippen LogP contribution in [-0.2, 0) is 0 Å². The first-order valence-corrected chi connectivity index (χ1v) is 5.82. The molecule has 18 heavy (non-hydrogen) atoms. The molecular formula is C13H14N2O3. The average Bonchev–Trinajstić information content (AvgIpc) is 2.85. The minimum atomic E-state index is -0.199. The van der Waals surface area contributed by atoms with Crippen molar-refractivity contribution in [3.05, 3.63) is 23.8 Å². The summed E-state index contributed by atoms with van der Waals surface area (Å²) in [6, 6.07) is 6.98. The lowest BCUT2D eigenvalue weighted by atomic mass is 10.1. The van der Waals surface area contributed by atoms with Crippen LogP contribution in [0.5, 0.6) is 11.5 Å². The monoisotopic (exact) mass is 246 g/mol. The number of nitrogens with one attached hydrogen (secondary N) is 1. The van der Waals surface area contributed by atoms with Crippen molar-refractivity contribution in [1.82, 2.24) is 5.32 Å². The fraction of sp³-hybridized carbons (Fsp3) is 0.385. The van der Waals surface area contributed by atoms with E-state index in [0.29, 0.717) is 23.5 Å². The Bertz CT molecular complexity index is 493. The van der Waals surface area contributed by atoms with E-state index < -0.39 is 0 Å². The van der Waals surface area contributed by atoms with Gasteiger partial charge in [0.1, 0.15) is 0 Å². The van der Waals surface area contributed by atoms with Crippen LogP contribution in [0, 0.1) is 11.3 Å². The molecule has 5 heteroatoms. The summed E-state index contributed by atoms with van der Waals surface area (Å²) in [7, 11) is 0. The van der Waals surface area contributed by atoms with Crippen LogP contribution in [-0.4, -0.2) is 18.7 Å². The molecule has 1 aliphatic rings. The molecule has 0 radical (unpaired) electrons. The standard InChI is InChI=1S/C13H14N2O3/c1-2-10(5-6-14)15-13(16)9-3-4-11-12(7-9)18-8-17-11/h3-4,7,10H,2,5,8H2,1H3,(H,15,16). The molecule has 1 N–H and O–H groups in total. The maximum atomic E-state index is 12.0. The smallest absolute Gasteiger partial charge is 0.251 e. The molecule has 5 nitrogen and oxygen atoms in total. The quantitative estimate of drug-likeness (QED) is 0.879. The summed E-state index contributed by atoms with van der Waals surface area (Å²) in [5.41, 5.74) is 0.510. The van der Waals surface area contributed by atoms with Crippen LogP contribution in [0.2, 0.25) is 0 Å². The van der Waals surface area contributed by atoms with Crippen molar-refractivity contribution in [2.75, 3.05) is 6.79 Å². The second-order valence-electron chi connectivity index (χ2n) is 4.01. The Morgan fingerprint density at radius 2 is 2.28 bits per heavy atom. The van der Waals surface area contributed by atoms with Crippen LogP contribution in [0.25, 0.3) is 0 Å². The Morgan fingerprint density at radius 3 is 3.00 bits per heavy atom. The highest BCUT2D eigenvalue weighted by Gasteiger charge is 2.17. The SMILES string of the molecule is CCC(CC#N)NC(=O)c1ccc2c(c1)OCO2. The van der Waals surface area contributed by atoms with Crippen LogP contribution < -0.4 is 14.8 Å². The zero-order chi connectivity index (χ0) is 13.0. The molecule has 1 unspecified atom stereocenters. The molecule has 1 amide bonds. The summed E-state index contributed by atoms with van der Waals surface area (Å²) in [6.45, 7) is 2.12. The number of carbonyl (C=O) groups excluding carboxylic acids is 1. The molecule has 0 bridgehead atoms. The van der Waals surface area contributed by atoms with Gasteiger partial charge in [0.05, 0.1) is 12.5 Å². The van der Waals surface area contributed by atoms with E-state index in [0.717, 1.165) is 6.42 Å². The molecule has 1 aromatic rings. The van der Waals surface area contributed by atoms with E-state index in [4.69, 9.17) is 14.7 Å². The second-order valence-corrected chi connectivity index (χ2v) is 4.01. The Labute approximate surface area is 105 Å². The van der Waals surface area contributed by atoms with Gasteiger partial charge in [-0.05, 0) is 24.6 Å². The number of hydrogen-bond donors (Lipinski definition) is 1. The molecule has 94 valence electrons. The van der Waals surface area contributed by atoms with E-state index in [2.05, 4.69) is 11.4 Å². The van der Waals surface area contributed by atoms with Crippen molar-refractivity contribution in [3.8, 4) is 17.6 Å². The molecule has 1 atom stereocenters. The van der Waals surface area contributed by atoms with Crippen molar-refractivity contribution in [1.29, 1.82) is 5.26 Å². The third kappa shape index (κ3) is 2.54. The van der Waals surface area contributed by atoms with Crippen molar-refractivity contribution in [2.24, 2.45) is 0 Å². The Morgan fingerprint density at radius 1 is 1.50 bits per heavy atom. The highest BCUT2D eigenvalue weighted by molar-refractivity contribution is 5.95. The molecule has 2 rings (SSSR count). The van der Waals surface area contributed by atoms with Gasteiger partial charge in [0, 0.05) is 11.6 Å². The summed E-state index contributed by atoms with van der Waals surface area (Å²) in [6.07, 6.45) is 1.04.